The van der Waals surface area contributed by atoms with Gasteiger partial charge in [0.25, 0.3) is 0 Å². The van der Waals surface area contributed by atoms with Gasteiger partial charge < -0.3 is 4.43 Å². The Morgan fingerprint density at radius 2 is 0.729 bits per heavy atom. The zero-order valence-electron chi connectivity index (χ0n) is 40.2. The molecule has 0 aromatic heterocycles. The van der Waals surface area contributed by atoms with E-state index in [-0.39, 0.29) is 22.1 Å². The molecule has 0 fully saturated rings. The van der Waals surface area contributed by atoms with Gasteiger partial charge in [0.15, 0.2) is 0 Å². The third-order valence-corrected chi connectivity index (χ3v) is 14.8. The molecule has 0 aliphatic heterocycles. The minimum absolute atomic E-state index is 0.0246. The molecule has 7 heteroatoms. The molecule has 330 valence electrons. The van der Waals surface area contributed by atoms with E-state index in [1.165, 1.54) is 35.2 Å². The van der Waals surface area contributed by atoms with E-state index in [9.17, 15) is 17.6 Å². The van der Waals surface area contributed by atoms with Crippen LogP contribution in [0.2, 0.25) is 39.3 Å². The van der Waals surface area contributed by atoms with Gasteiger partial charge in [-0.15, -0.1) is 0 Å². The third-order valence-electron chi connectivity index (χ3n) is 11.9. The molecule has 4 aromatic rings. The van der Waals surface area contributed by atoms with Crippen LogP contribution < -0.4 is 9.61 Å². The number of rotatable bonds is 12. The molecule has 0 radical (unpaired) electrons. The van der Waals surface area contributed by atoms with E-state index in [0.29, 0.717) is 11.0 Å². The average molecular weight is 853 g/mol. The lowest BCUT2D eigenvalue weighted by Crippen LogP contribution is -2.37. The van der Waals surface area contributed by atoms with Crippen LogP contribution in [-0.2, 0) is 28.1 Å². The zero-order chi connectivity index (χ0) is 45.7. The smallest absolute Gasteiger partial charge is 0.393 e. The van der Waals surface area contributed by atoms with E-state index < -0.39 is 29.0 Å². The van der Waals surface area contributed by atoms with Crippen molar-refractivity contribution in [3.05, 3.63) is 131 Å². The highest BCUT2D eigenvalue weighted by atomic mass is 28.4. The molecule has 1 nitrogen and oxygen atoms in total. The van der Waals surface area contributed by atoms with Gasteiger partial charge in [0.2, 0.25) is 8.32 Å². The fourth-order valence-corrected chi connectivity index (χ4v) is 7.78. The highest BCUT2D eigenvalue weighted by Gasteiger charge is 2.28. The van der Waals surface area contributed by atoms with Gasteiger partial charge in [-0.3, -0.25) is 0 Å². The summed E-state index contributed by atoms with van der Waals surface area (Å²) in [4.78, 5) is 0. The predicted molar refractivity (Wildman–Crippen MR) is 256 cm³/mol. The number of hydrogen-bond donors (Lipinski definition) is 0. The van der Waals surface area contributed by atoms with Crippen molar-refractivity contribution in [2.75, 3.05) is 0 Å². The fourth-order valence-electron chi connectivity index (χ4n) is 5.77. The summed E-state index contributed by atoms with van der Waals surface area (Å²) in [5.74, 6) is 0.848. The van der Waals surface area contributed by atoms with Gasteiger partial charge in [0, 0.05) is 0 Å². The molecular weight excluding hydrogens is 773 g/mol. The normalized spacial score (nSPS) is 12.6. The van der Waals surface area contributed by atoms with E-state index in [4.69, 9.17) is 4.43 Å². The van der Waals surface area contributed by atoms with Gasteiger partial charge in [-0.2, -0.15) is 13.2 Å². The molecule has 0 heterocycles. The topological polar surface area (TPSA) is 9.23 Å². The number of benzene rings is 4. The van der Waals surface area contributed by atoms with Crippen molar-refractivity contribution in [1.29, 1.82) is 0 Å². The first-order valence-corrected chi connectivity index (χ1v) is 28.6. The van der Waals surface area contributed by atoms with Gasteiger partial charge in [-0.05, 0) is 119 Å². The summed E-state index contributed by atoms with van der Waals surface area (Å²) in [6.45, 7) is 40.2. The predicted octanol–water partition coefficient (Wildman–Crippen LogP) is 16.5. The first-order chi connectivity index (χ1) is 26.8. The first-order valence-electron chi connectivity index (χ1n) is 21.6. The minimum Gasteiger partial charge on any atom is -0.544 e. The van der Waals surface area contributed by atoms with Crippen molar-refractivity contribution in [3.8, 4) is 5.75 Å². The monoisotopic (exact) mass is 853 g/mol. The molecule has 0 unspecified atom stereocenters. The van der Waals surface area contributed by atoms with Crippen LogP contribution in [-0.4, -0.2) is 22.6 Å². The molecule has 0 bridgehead atoms. The van der Waals surface area contributed by atoms with Crippen LogP contribution in [0.3, 0.4) is 0 Å². The van der Waals surface area contributed by atoms with Crippen LogP contribution in [0.25, 0.3) is 0 Å². The SMILES string of the molecule is CCC(C)(C)c1ccc(CC(F)(F)F)cc1.CCC(C)(C)c1ccc(F)cc1.CCC(C)(C)c1ccc(O[Si](C)(C)C)cc1.CCC(C)(C)c1ccc([Si](C)(C)C)cc1. The summed E-state index contributed by atoms with van der Waals surface area (Å²) < 4.78 is 54.9. The van der Waals surface area contributed by atoms with Gasteiger partial charge in [0.1, 0.15) is 11.6 Å². The summed E-state index contributed by atoms with van der Waals surface area (Å²) in [7, 11) is -2.60. The Kier molecular flexibility index (Phi) is 20.2. The molecule has 0 spiro atoms. The van der Waals surface area contributed by atoms with Gasteiger partial charge in [0.05, 0.1) is 14.5 Å². The highest BCUT2D eigenvalue weighted by Crippen LogP contribution is 2.31. The van der Waals surface area contributed by atoms with Gasteiger partial charge in [-0.1, -0.05) is 181 Å². The average Bonchev–Trinajstić information content (AvgIpc) is 3.14. The Hall–Kier alpha value is -3.17. The summed E-state index contributed by atoms with van der Waals surface area (Å²) >= 11 is 0. The van der Waals surface area contributed by atoms with Crippen LogP contribution in [0.15, 0.2) is 97.1 Å². The van der Waals surface area contributed by atoms with E-state index >= 15 is 0 Å². The molecule has 59 heavy (non-hydrogen) atoms. The Morgan fingerprint density at radius 1 is 0.441 bits per heavy atom. The molecular formula is C52H80F4OSi2. The van der Waals surface area contributed by atoms with Crippen LogP contribution in [0.4, 0.5) is 17.6 Å². The highest BCUT2D eigenvalue weighted by molar-refractivity contribution is 6.88. The minimum atomic E-state index is -4.12. The fraction of sp³-hybridized carbons (Fsp3) is 0.538. The summed E-state index contributed by atoms with van der Waals surface area (Å²) in [5, 5.41) is 1.55. The van der Waals surface area contributed by atoms with Crippen molar-refractivity contribution in [1.82, 2.24) is 0 Å². The van der Waals surface area contributed by atoms with Crippen molar-refractivity contribution in [3.63, 3.8) is 0 Å². The van der Waals surface area contributed by atoms with Crippen LogP contribution in [0.5, 0.6) is 5.75 Å². The van der Waals surface area contributed by atoms with Crippen molar-refractivity contribution >= 4 is 21.6 Å². The van der Waals surface area contributed by atoms with Crippen molar-refractivity contribution < 1.29 is 22.0 Å². The van der Waals surface area contributed by atoms with E-state index in [2.05, 4.69) is 171 Å². The van der Waals surface area contributed by atoms with Crippen LogP contribution in [0, 0.1) is 5.82 Å². The Morgan fingerprint density at radius 3 is 1.00 bits per heavy atom. The van der Waals surface area contributed by atoms with E-state index in [1.54, 1.807) is 29.5 Å². The number of hydrogen-bond acceptors (Lipinski definition) is 1. The molecule has 4 rings (SSSR count). The Bertz CT molecular complexity index is 1700. The second kappa shape index (κ2) is 22.1. The molecule has 4 aromatic carbocycles. The zero-order valence-corrected chi connectivity index (χ0v) is 42.2. The van der Waals surface area contributed by atoms with E-state index in [1.807, 2.05) is 12.1 Å². The maximum absolute atomic E-state index is 12.6. The summed E-state index contributed by atoms with van der Waals surface area (Å²) in [5.41, 5.74) is 6.22. The van der Waals surface area contributed by atoms with Crippen LogP contribution in [0.1, 0.15) is 137 Å². The lowest BCUT2D eigenvalue weighted by Gasteiger charge is -2.25. The standard InChI is InChI=1S/C14H24OSi.C14H24Si.C13H17F3.C11H15F/c1-7-14(2,3)12-8-10-13(11-9-12)15-16(4,5)6;1-7-14(2,3)12-8-10-13(11-9-12)15(4,5)6;1-4-12(2,3)11-7-5-10(6-8-11)9-13(14,15)16;1-4-11(2,3)9-5-7-10(12)8-6-9/h8-11H,7H2,1-6H3;8-11H,7H2,1-6H3;5-8H,4,9H2,1-3H3;5-8H,4H2,1-3H3. The maximum atomic E-state index is 12.6. The Balaban J connectivity index is 0.000000395. The van der Waals surface area contributed by atoms with Crippen molar-refractivity contribution in [2.45, 2.75) is 182 Å². The molecule has 0 aliphatic carbocycles. The molecule has 0 aliphatic rings. The molecule has 0 saturated heterocycles. The third kappa shape index (κ3) is 19.4. The molecule has 0 amide bonds. The summed E-state index contributed by atoms with van der Waals surface area (Å²) in [6, 6.07) is 31.4. The van der Waals surface area contributed by atoms with Crippen LogP contribution >= 0.6 is 0 Å². The van der Waals surface area contributed by atoms with Crippen molar-refractivity contribution in [2.24, 2.45) is 0 Å². The van der Waals surface area contributed by atoms with Gasteiger partial charge in [-0.25, -0.2) is 4.39 Å². The molecule has 0 atom stereocenters. The summed E-state index contributed by atoms with van der Waals surface area (Å²) in [6.07, 6.45) is -0.591. The number of halogens is 4. The first kappa shape index (κ1) is 53.9. The van der Waals surface area contributed by atoms with Gasteiger partial charge >= 0.3 is 6.18 Å². The maximum Gasteiger partial charge on any atom is 0.393 e. The quantitative estimate of drug-likeness (QED) is 0.102. The second-order valence-electron chi connectivity index (χ2n) is 20.5. The lowest BCUT2D eigenvalue weighted by molar-refractivity contribution is -0.127. The Labute approximate surface area is 360 Å². The molecule has 0 saturated carbocycles. The largest absolute Gasteiger partial charge is 0.544 e. The lowest BCUT2D eigenvalue weighted by atomic mass is 9.82. The molecule has 0 N–H and O–H groups in total. The second-order valence-corrected chi connectivity index (χ2v) is 30.0. The van der Waals surface area contributed by atoms with E-state index in [0.717, 1.165) is 30.6 Å². The number of alkyl halides is 3.